The maximum Gasteiger partial charge on any atom is 0.168 e. The Bertz CT molecular complexity index is 562. The first-order chi connectivity index (χ1) is 9.22. The van der Waals surface area contributed by atoms with E-state index in [4.69, 9.17) is 4.74 Å². The first kappa shape index (κ1) is 13.0. The summed E-state index contributed by atoms with van der Waals surface area (Å²) in [4.78, 5) is 0. The van der Waals surface area contributed by atoms with Gasteiger partial charge in [-0.15, -0.1) is 6.58 Å². The molecule has 0 bridgehead atoms. The van der Waals surface area contributed by atoms with E-state index in [1.165, 1.54) is 12.1 Å². The molecule has 98 valence electrons. The normalized spacial score (nSPS) is 10.1. The zero-order valence-corrected chi connectivity index (χ0v) is 10.5. The van der Waals surface area contributed by atoms with Crippen LogP contribution in [0.1, 0.15) is 11.1 Å². The lowest BCUT2D eigenvalue weighted by Gasteiger charge is -2.13. The van der Waals surface area contributed by atoms with E-state index in [1.54, 1.807) is 6.08 Å². The Morgan fingerprint density at radius 2 is 1.68 bits per heavy atom. The molecule has 2 rings (SSSR count). The summed E-state index contributed by atoms with van der Waals surface area (Å²) in [6, 6.07) is 12.5. The molecule has 2 N–H and O–H groups in total. The van der Waals surface area contributed by atoms with Crippen molar-refractivity contribution in [1.29, 1.82) is 0 Å². The molecule has 0 heterocycles. The summed E-state index contributed by atoms with van der Waals surface area (Å²) in [5, 5.41) is 19.7. The van der Waals surface area contributed by atoms with Gasteiger partial charge in [-0.3, -0.25) is 0 Å². The van der Waals surface area contributed by atoms with Crippen molar-refractivity contribution in [2.45, 2.75) is 13.0 Å². The van der Waals surface area contributed by atoms with Crippen LogP contribution in [0.2, 0.25) is 0 Å². The van der Waals surface area contributed by atoms with Gasteiger partial charge in [-0.2, -0.15) is 0 Å². The third-order valence-electron chi connectivity index (χ3n) is 2.79. The van der Waals surface area contributed by atoms with Crippen molar-refractivity contribution >= 4 is 0 Å². The molecule has 0 aliphatic carbocycles. The van der Waals surface area contributed by atoms with Crippen molar-refractivity contribution in [1.82, 2.24) is 0 Å². The van der Waals surface area contributed by atoms with Gasteiger partial charge in [0.1, 0.15) is 12.4 Å². The highest BCUT2D eigenvalue weighted by Crippen LogP contribution is 2.37. The Morgan fingerprint density at radius 1 is 1.00 bits per heavy atom. The molecule has 0 aliphatic rings. The predicted molar refractivity (Wildman–Crippen MR) is 74.4 cm³/mol. The topological polar surface area (TPSA) is 49.7 Å². The molecule has 0 aliphatic heterocycles. The molecule has 3 nitrogen and oxygen atoms in total. The van der Waals surface area contributed by atoms with E-state index in [9.17, 15) is 10.2 Å². The van der Waals surface area contributed by atoms with Gasteiger partial charge in [-0.05, 0) is 24.1 Å². The fourth-order valence-corrected chi connectivity index (χ4v) is 1.84. The summed E-state index contributed by atoms with van der Waals surface area (Å²) in [7, 11) is 0. The molecule has 0 atom stereocenters. The first-order valence-corrected chi connectivity index (χ1v) is 6.03. The Hall–Kier alpha value is -2.42. The summed E-state index contributed by atoms with van der Waals surface area (Å²) < 4.78 is 5.63. The minimum absolute atomic E-state index is 0.0191. The average molecular weight is 256 g/mol. The lowest BCUT2D eigenvalue weighted by Crippen LogP contribution is -1.99. The molecular formula is C16H16O3. The molecule has 3 heteroatoms. The number of hydrogen-bond donors (Lipinski definition) is 2. The molecule has 0 fully saturated rings. The van der Waals surface area contributed by atoms with Gasteiger partial charge in [0.25, 0.3) is 0 Å². The smallest absolute Gasteiger partial charge is 0.168 e. The molecule has 0 spiro atoms. The number of hydrogen-bond acceptors (Lipinski definition) is 3. The van der Waals surface area contributed by atoms with Crippen LogP contribution < -0.4 is 4.74 Å². The van der Waals surface area contributed by atoms with Crippen LogP contribution in [-0.4, -0.2) is 10.2 Å². The van der Waals surface area contributed by atoms with Crippen LogP contribution in [0, 0.1) is 0 Å². The predicted octanol–water partition coefficient (Wildman–Crippen LogP) is 3.41. The van der Waals surface area contributed by atoms with E-state index in [2.05, 4.69) is 6.58 Å². The number of ether oxygens (including phenoxy) is 1. The molecule has 2 aromatic rings. The minimum atomic E-state index is 0.0191. The van der Waals surface area contributed by atoms with Crippen LogP contribution in [0.25, 0.3) is 0 Å². The molecule has 0 radical (unpaired) electrons. The molecule has 0 saturated carbocycles. The van der Waals surface area contributed by atoms with Crippen molar-refractivity contribution < 1.29 is 14.9 Å². The van der Waals surface area contributed by atoms with Gasteiger partial charge in [0.2, 0.25) is 0 Å². The number of allylic oxidation sites excluding steroid dienone is 1. The highest BCUT2D eigenvalue weighted by Gasteiger charge is 2.13. The van der Waals surface area contributed by atoms with Crippen molar-refractivity contribution in [2.75, 3.05) is 0 Å². The van der Waals surface area contributed by atoms with Crippen molar-refractivity contribution in [3.8, 4) is 17.2 Å². The number of aromatic hydroxyl groups is 2. The van der Waals surface area contributed by atoms with Gasteiger partial charge < -0.3 is 14.9 Å². The zero-order valence-electron chi connectivity index (χ0n) is 10.5. The Kier molecular flexibility index (Phi) is 4.08. The molecule has 0 saturated heterocycles. The molecule has 19 heavy (non-hydrogen) atoms. The van der Waals surface area contributed by atoms with Crippen LogP contribution >= 0.6 is 0 Å². The Labute approximate surface area is 112 Å². The van der Waals surface area contributed by atoms with Crippen LogP contribution in [0.5, 0.6) is 17.2 Å². The van der Waals surface area contributed by atoms with Crippen molar-refractivity contribution in [3.63, 3.8) is 0 Å². The minimum Gasteiger partial charge on any atom is -0.508 e. The number of rotatable bonds is 5. The summed E-state index contributed by atoms with van der Waals surface area (Å²) >= 11 is 0. The van der Waals surface area contributed by atoms with E-state index >= 15 is 0 Å². The second kappa shape index (κ2) is 5.96. The SMILES string of the molecule is C=CCc1c(O)ccc(O)c1OCc1ccccc1. The highest BCUT2D eigenvalue weighted by molar-refractivity contribution is 5.53. The Morgan fingerprint density at radius 3 is 2.37 bits per heavy atom. The third-order valence-corrected chi connectivity index (χ3v) is 2.79. The monoisotopic (exact) mass is 256 g/mol. The first-order valence-electron chi connectivity index (χ1n) is 6.03. The fourth-order valence-electron chi connectivity index (χ4n) is 1.84. The van der Waals surface area contributed by atoms with Crippen LogP contribution in [0.3, 0.4) is 0 Å². The van der Waals surface area contributed by atoms with Gasteiger partial charge in [-0.25, -0.2) is 0 Å². The quantitative estimate of drug-likeness (QED) is 0.636. The third kappa shape index (κ3) is 3.07. The van der Waals surface area contributed by atoms with Crippen LogP contribution in [0.15, 0.2) is 55.1 Å². The number of phenolic OH excluding ortho intramolecular Hbond substituents is 2. The second-order valence-corrected chi connectivity index (χ2v) is 4.18. The summed E-state index contributed by atoms with van der Waals surface area (Å²) in [5.74, 6) is 0.426. The number of phenols is 2. The summed E-state index contributed by atoms with van der Waals surface area (Å²) in [5.41, 5.74) is 1.54. The van der Waals surface area contributed by atoms with Gasteiger partial charge in [0.05, 0.1) is 0 Å². The standard InChI is InChI=1S/C16H16O3/c1-2-6-13-14(17)9-10-15(18)16(13)19-11-12-7-4-3-5-8-12/h2-5,7-10,17-18H,1,6,11H2. The van der Waals surface area contributed by atoms with Crippen molar-refractivity contribution in [3.05, 3.63) is 66.2 Å². The van der Waals surface area contributed by atoms with Gasteiger partial charge >= 0.3 is 0 Å². The fraction of sp³-hybridized carbons (Fsp3) is 0.125. The van der Waals surface area contributed by atoms with Gasteiger partial charge in [-0.1, -0.05) is 36.4 Å². The van der Waals surface area contributed by atoms with Gasteiger partial charge in [0.15, 0.2) is 11.5 Å². The summed E-state index contributed by atoms with van der Waals surface area (Å²) in [6.07, 6.45) is 2.09. The highest BCUT2D eigenvalue weighted by atomic mass is 16.5. The molecule has 0 aromatic heterocycles. The van der Waals surface area contributed by atoms with Crippen molar-refractivity contribution in [2.24, 2.45) is 0 Å². The van der Waals surface area contributed by atoms with E-state index in [0.29, 0.717) is 24.3 Å². The second-order valence-electron chi connectivity index (χ2n) is 4.18. The lowest BCUT2D eigenvalue weighted by atomic mass is 10.1. The molecule has 0 amide bonds. The Balaban J connectivity index is 2.23. The maximum atomic E-state index is 9.85. The van der Waals surface area contributed by atoms with Crippen LogP contribution in [-0.2, 0) is 13.0 Å². The zero-order chi connectivity index (χ0) is 13.7. The maximum absolute atomic E-state index is 9.85. The van der Waals surface area contributed by atoms with E-state index in [0.717, 1.165) is 5.56 Å². The van der Waals surface area contributed by atoms with Gasteiger partial charge in [0, 0.05) is 5.56 Å². The van der Waals surface area contributed by atoms with E-state index in [1.807, 2.05) is 30.3 Å². The largest absolute Gasteiger partial charge is 0.508 e. The molecule has 0 unspecified atom stereocenters. The molecular weight excluding hydrogens is 240 g/mol. The average Bonchev–Trinajstić information content (AvgIpc) is 2.43. The lowest BCUT2D eigenvalue weighted by molar-refractivity contribution is 0.284. The van der Waals surface area contributed by atoms with Crippen LogP contribution in [0.4, 0.5) is 0 Å². The molecule has 2 aromatic carbocycles. The van der Waals surface area contributed by atoms with E-state index in [-0.39, 0.29) is 11.5 Å². The number of benzene rings is 2. The van der Waals surface area contributed by atoms with E-state index < -0.39 is 0 Å². The summed E-state index contributed by atoms with van der Waals surface area (Å²) in [6.45, 7) is 3.97.